The van der Waals surface area contributed by atoms with Crippen LogP contribution in [0.25, 0.3) is 11.4 Å². The van der Waals surface area contributed by atoms with Crippen LogP contribution >= 0.6 is 0 Å². The van der Waals surface area contributed by atoms with Crippen LogP contribution in [0.15, 0.2) is 28.8 Å². The standard InChI is InChI=1S/C26H37N5O4/c1-5-34-25(33)31-15-13-30(14-16-31)24(32)20-7-6-12-29(17-20)18-22-27-23(28-35-22)19-8-10-21(11-9-19)26(2,3)4/h8-11,20H,5-7,12-18H2,1-4H3. The summed E-state index contributed by atoms with van der Waals surface area (Å²) in [5, 5.41) is 4.18. The van der Waals surface area contributed by atoms with Gasteiger partial charge in [-0.25, -0.2) is 4.79 Å². The summed E-state index contributed by atoms with van der Waals surface area (Å²) in [6.07, 6.45) is 1.53. The second kappa shape index (κ2) is 10.8. The fraction of sp³-hybridized carbons (Fsp3) is 0.615. The van der Waals surface area contributed by atoms with Gasteiger partial charge in [-0.3, -0.25) is 9.69 Å². The Bertz CT molecular complexity index is 1010. The van der Waals surface area contributed by atoms with Crippen LogP contribution in [0.1, 0.15) is 52.0 Å². The zero-order valence-corrected chi connectivity index (χ0v) is 21.3. The Morgan fingerprint density at radius 1 is 1.06 bits per heavy atom. The molecule has 0 radical (unpaired) electrons. The molecule has 0 bridgehead atoms. The summed E-state index contributed by atoms with van der Waals surface area (Å²) in [6, 6.07) is 8.29. The van der Waals surface area contributed by atoms with Gasteiger partial charge in [-0.2, -0.15) is 4.98 Å². The van der Waals surface area contributed by atoms with Gasteiger partial charge in [0.15, 0.2) is 0 Å². The van der Waals surface area contributed by atoms with Crippen molar-refractivity contribution in [1.29, 1.82) is 0 Å². The topological polar surface area (TPSA) is 92.0 Å². The van der Waals surface area contributed by atoms with Crippen LogP contribution in [0.3, 0.4) is 0 Å². The molecule has 2 aliphatic heterocycles. The molecule has 3 heterocycles. The number of rotatable bonds is 5. The number of amides is 2. The molecule has 1 aromatic heterocycles. The average molecular weight is 484 g/mol. The van der Waals surface area contributed by atoms with Crippen molar-refractivity contribution < 1.29 is 18.8 Å². The van der Waals surface area contributed by atoms with Crippen molar-refractivity contribution in [3.63, 3.8) is 0 Å². The van der Waals surface area contributed by atoms with Crippen LogP contribution < -0.4 is 0 Å². The molecule has 2 saturated heterocycles. The van der Waals surface area contributed by atoms with E-state index in [-0.39, 0.29) is 23.3 Å². The van der Waals surface area contributed by atoms with Crippen LogP contribution in [-0.2, 0) is 21.5 Å². The number of piperidine rings is 1. The van der Waals surface area contributed by atoms with Crippen molar-refractivity contribution in [3.8, 4) is 11.4 Å². The maximum absolute atomic E-state index is 13.2. The van der Waals surface area contributed by atoms with Crippen LogP contribution in [0.5, 0.6) is 0 Å². The highest BCUT2D eigenvalue weighted by atomic mass is 16.6. The highest BCUT2D eigenvalue weighted by molar-refractivity contribution is 5.79. The molecule has 9 nitrogen and oxygen atoms in total. The molecule has 2 aromatic rings. The van der Waals surface area contributed by atoms with E-state index in [0.717, 1.165) is 24.9 Å². The maximum atomic E-state index is 13.2. The van der Waals surface area contributed by atoms with Gasteiger partial charge in [0.2, 0.25) is 17.6 Å². The summed E-state index contributed by atoms with van der Waals surface area (Å²) in [6.45, 7) is 13.0. The van der Waals surface area contributed by atoms with Gasteiger partial charge in [0.1, 0.15) is 0 Å². The average Bonchev–Trinajstić information content (AvgIpc) is 3.32. The number of benzene rings is 1. The number of ether oxygens (including phenoxy) is 1. The number of carbonyl (C=O) groups excluding carboxylic acids is 2. The maximum Gasteiger partial charge on any atom is 0.409 e. The third-order valence-electron chi connectivity index (χ3n) is 6.81. The van der Waals surface area contributed by atoms with Gasteiger partial charge in [-0.1, -0.05) is 50.2 Å². The summed E-state index contributed by atoms with van der Waals surface area (Å²) in [5.74, 6) is 1.27. The van der Waals surface area contributed by atoms with Gasteiger partial charge < -0.3 is 19.1 Å². The first-order valence-corrected chi connectivity index (χ1v) is 12.6. The van der Waals surface area contributed by atoms with Gasteiger partial charge in [0.25, 0.3) is 0 Å². The second-order valence-corrected chi connectivity index (χ2v) is 10.4. The number of aromatic nitrogens is 2. The van der Waals surface area contributed by atoms with Crippen molar-refractivity contribution in [2.75, 3.05) is 45.9 Å². The molecule has 0 spiro atoms. The number of piperazine rings is 1. The van der Waals surface area contributed by atoms with Gasteiger partial charge in [-0.15, -0.1) is 0 Å². The Morgan fingerprint density at radius 3 is 2.40 bits per heavy atom. The molecule has 1 unspecified atom stereocenters. The Morgan fingerprint density at radius 2 is 1.74 bits per heavy atom. The summed E-state index contributed by atoms with van der Waals surface area (Å²) in [4.78, 5) is 35.4. The summed E-state index contributed by atoms with van der Waals surface area (Å²) < 4.78 is 10.6. The van der Waals surface area contributed by atoms with E-state index in [0.29, 0.717) is 57.6 Å². The lowest BCUT2D eigenvalue weighted by molar-refractivity contribution is -0.139. The van der Waals surface area contributed by atoms with Gasteiger partial charge in [0.05, 0.1) is 19.1 Å². The molecule has 0 aliphatic carbocycles. The molecule has 0 saturated carbocycles. The second-order valence-electron chi connectivity index (χ2n) is 10.4. The number of likely N-dealkylation sites (tertiary alicyclic amines) is 1. The number of carbonyl (C=O) groups is 2. The Kier molecular flexibility index (Phi) is 7.74. The van der Waals surface area contributed by atoms with Gasteiger partial charge in [-0.05, 0) is 37.3 Å². The summed E-state index contributed by atoms with van der Waals surface area (Å²) in [5.41, 5.74) is 2.29. The zero-order chi connectivity index (χ0) is 25.0. The lowest BCUT2D eigenvalue weighted by atomic mass is 9.87. The van der Waals surface area contributed by atoms with E-state index in [1.807, 2.05) is 17.0 Å². The molecular formula is C26H37N5O4. The number of hydrogen-bond acceptors (Lipinski definition) is 7. The highest BCUT2D eigenvalue weighted by Crippen LogP contribution is 2.26. The van der Waals surface area contributed by atoms with Gasteiger partial charge in [0, 0.05) is 38.3 Å². The van der Waals surface area contributed by atoms with Crippen molar-refractivity contribution in [3.05, 3.63) is 35.7 Å². The van der Waals surface area contributed by atoms with Crippen molar-refractivity contribution >= 4 is 12.0 Å². The van der Waals surface area contributed by atoms with Crippen LogP contribution in [-0.4, -0.2) is 82.7 Å². The Labute approximate surface area is 207 Å². The molecule has 190 valence electrons. The lowest BCUT2D eigenvalue weighted by Gasteiger charge is -2.38. The number of hydrogen-bond donors (Lipinski definition) is 0. The molecule has 2 fully saturated rings. The summed E-state index contributed by atoms with van der Waals surface area (Å²) >= 11 is 0. The van der Waals surface area contributed by atoms with E-state index >= 15 is 0 Å². The molecule has 9 heteroatoms. The summed E-state index contributed by atoms with van der Waals surface area (Å²) in [7, 11) is 0. The first-order valence-electron chi connectivity index (χ1n) is 12.6. The van der Waals surface area contributed by atoms with Gasteiger partial charge >= 0.3 is 6.09 Å². The molecule has 35 heavy (non-hydrogen) atoms. The monoisotopic (exact) mass is 483 g/mol. The third kappa shape index (κ3) is 6.20. The van der Waals surface area contributed by atoms with E-state index in [2.05, 4.69) is 47.9 Å². The molecular weight excluding hydrogens is 446 g/mol. The minimum absolute atomic E-state index is 0.0507. The van der Waals surface area contributed by atoms with Crippen LogP contribution in [0, 0.1) is 5.92 Å². The Balaban J connectivity index is 1.30. The quantitative estimate of drug-likeness (QED) is 0.642. The Hall–Kier alpha value is -2.94. The van der Waals surface area contributed by atoms with Crippen molar-refractivity contribution in [2.24, 2.45) is 5.92 Å². The van der Waals surface area contributed by atoms with E-state index in [9.17, 15) is 9.59 Å². The molecule has 1 aromatic carbocycles. The van der Waals surface area contributed by atoms with E-state index < -0.39 is 0 Å². The fourth-order valence-corrected chi connectivity index (χ4v) is 4.73. The first kappa shape index (κ1) is 25.2. The van der Waals surface area contributed by atoms with E-state index in [4.69, 9.17) is 9.26 Å². The molecule has 4 rings (SSSR count). The minimum atomic E-state index is -0.299. The van der Waals surface area contributed by atoms with Crippen LogP contribution in [0.4, 0.5) is 4.79 Å². The first-order chi connectivity index (χ1) is 16.7. The SMILES string of the molecule is CCOC(=O)N1CCN(C(=O)C2CCCN(Cc3nc(-c4ccc(C(C)(C)C)cc4)no3)C2)CC1. The predicted octanol–water partition coefficient (Wildman–Crippen LogP) is 3.55. The normalized spacial score (nSPS) is 19.6. The largest absolute Gasteiger partial charge is 0.450 e. The van der Waals surface area contributed by atoms with Crippen molar-refractivity contribution in [2.45, 2.75) is 52.5 Å². The molecule has 1 atom stereocenters. The highest BCUT2D eigenvalue weighted by Gasteiger charge is 2.32. The molecule has 2 aliphatic rings. The smallest absolute Gasteiger partial charge is 0.409 e. The minimum Gasteiger partial charge on any atom is -0.450 e. The van der Waals surface area contributed by atoms with E-state index in [1.54, 1.807) is 11.8 Å². The fourth-order valence-electron chi connectivity index (χ4n) is 4.73. The lowest BCUT2D eigenvalue weighted by Crippen LogP contribution is -2.53. The predicted molar refractivity (Wildman–Crippen MR) is 132 cm³/mol. The van der Waals surface area contributed by atoms with Crippen LogP contribution in [0.2, 0.25) is 0 Å². The number of nitrogens with zero attached hydrogens (tertiary/aromatic N) is 5. The van der Waals surface area contributed by atoms with Crippen molar-refractivity contribution in [1.82, 2.24) is 24.8 Å². The van der Waals surface area contributed by atoms with E-state index in [1.165, 1.54) is 5.56 Å². The zero-order valence-electron chi connectivity index (χ0n) is 21.3. The molecule has 2 amide bonds. The molecule has 0 N–H and O–H groups in total. The third-order valence-corrected chi connectivity index (χ3v) is 6.81.